The van der Waals surface area contributed by atoms with Crippen LogP contribution >= 0.6 is 27.3 Å². The molecular weight excluding hydrogens is 358 g/mol. The van der Waals surface area contributed by atoms with E-state index in [1.54, 1.807) is 29.5 Å². The minimum absolute atomic E-state index is 0.244. The van der Waals surface area contributed by atoms with E-state index in [4.69, 9.17) is 0 Å². The molecule has 1 aromatic heterocycles. The SMILES string of the molecule is Cc1ccc(S(=O)(=O)NC(C)c2ccc(C)s2)c(Br)c1. The fraction of sp³-hybridized carbons (Fsp3) is 0.286. The fourth-order valence-corrected chi connectivity index (χ4v) is 5.23. The molecule has 3 nitrogen and oxygen atoms in total. The van der Waals surface area contributed by atoms with Gasteiger partial charge in [0.1, 0.15) is 0 Å². The molecule has 0 radical (unpaired) electrons. The van der Waals surface area contributed by atoms with E-state index < -0.39 is 10.0 Å². The number of rotatable bonds is 4. The summed E-state index contributed by atoms with van der Waals surface area (Å²) in [7, 11) is -3.54. The Balaban J connectivity index is 2.27. The average Bonchev–Trinajstić information content (AvgIpc) is 2.74. The van der Waals surface area contributed by atoms with Crippen LogP contribution in [0.25, 0.3) is 0 Å². The molecule has 108 valence electrons. The van der Waals surface area contributed by atoms with Crippen molar-refractivity contribution in [3.8, 4) is 0 Å². The first-order chi connectivity index (χ1) is 9.29. The zero-order valence-electron chi connectivity index (χ0n) is 11.5. The number of hydrogen-bond acceptors (Lipinski definition) is 3. The van der Waals surface area contributed by atoms with E-state index in [9.17, 15) is 8.42 Å². The van der Waals surface area contributed by atoms with Gasteiger partial charge in [0, 0.05) is 14.2 Å². The van der Waals surface area contributed by atoms with Gasteiger partial charge in [0.25, 0.3) is 0 Å². The van der Waals surface area contributed by atoms with E-state index in [0.717, 1.165) is 10.4 Å². The minimum atomic E-state index is -3.54. The van der Waals surface area contributed by atoms with Crippen LogP contribution < -0.4 is 4.72 Å². The van der Waals surface area contributed by atoms with E-state index >= 15 is 0 Å². The number of hydrogen-bond donors (Lipinski definition) is 1. The standard InChI is InChI=1S/C14H16BrNO2S2/c1-9-4-7-14(12(15)8-9)20(17,18)16-11(3)13-6-5-10(2)19-13/h4-8,11,16H,1-3H3. The highest BCUT2D eigenvalue weighted by atomic mass is 79.9. The van der Waals surface area contributed by atoms with E-state index in [1.807, 2.05) is 32.9 Å². The number of thiophene rings is 1. The predicted molar refractivity (Wildman–Crippen MR) is 86.7 cm³/mol. The summed E-state index contributed by atoms with van der Waals surface area (Å²) < 4.78 is 28.1. The predicted octanol–water partition coefficient (Wildman–Crippen LogP) is 4.17. The lowest BCUT2D eigenvalue weighted by Gasteiger charge is -2.14. The van der Waals surface area contributed by atoms with Crippen molar-refractivity contribution in [2.45, 2.75) is 31.7 Å². The molecule has 20 heavy (non-hydrogen) atoms. The quantitative estimate of drug-likeness (QED) is 0.873. The highest BCUT2D eigenvalue weighted by Gasteiger charge is 2.21. The number of nitrogens with one attached hydrogen (secondary N) is 1. The Kier molecular flexibility index (Phi) is 4.69. The van der Waals surface area contributed by atoms with E-state index in [1.165, 1.54) is 4.88 Å². The molecule has 2 aromatic rings. The molecule has 0 fully saturated rings. The van der Waals surface area contributed by atoms with Gasteiger partial charge in [-0.3, -0.25) is 0 Å². The lowest BCUT2D eigenvalue weighted by Crippen LogP contribution is -2.26. The van der Waals surface area contributed by atoms with E-state index in [0.29, 0.717) is 4.47 Å². The molecule has 1 atom stereocenters. The van der Waals surface area contributed by atoms with Gasteiger partial charge in [0.15, 0.2) is 0 Å². The van der Waals surface area contributed by atoms with Crippen molar-refractivity contribution in [2.24, 2.45) is 0 Å². The normalized spacial score (nSPS) is 13.4. The molecule has 0 saturated carbocycles. The van der Waals surface area contributed by atoms with Crippen LogP contribution in [0.2, 0.25) is 0 Å². The van der Waals surface area contributed by atoms with Crippen molar-refractivity contribution in [1.82, 2.24) is 4.72 Å². The maximum Gasteiger partial charge on any atom is 0.242 e. The third kappa shape index (κ3) is 3.49. The summed E-state index contributed by atoms with van der Waals surface area (Å²) in [5, 5.41) is 0. The maximum absolute atomic E-state index is 12.4. The number of halogens is 1. The number of aryl methyl sites for hydroxylation is 2. The fourth-order valence-electron chi connectivity index (χ4n) is 1.86. The maximum atomic E-state index is 12.4. The molecule has 1 aromatic carbocycles. The van der Waals surface area contributed by atoms with Crippen molar-refractivity contribution in [3.63, 3.8) is 0 Å². The van der Waals surface area contributed by atoms with Gasteiger partial charge in [-0.05, 0) is 66.5 Å². The van der Waals surface area contributed by atoms with Crippen LogP contribution in [0.15, 0.2) is 39.7 Å². The van der Waals surface area contributed by atoms with Gasteiger partial charge in [-0.2, -0.15) is 0 Å². The molecule has 1 heterocycles. The van der Waals surface area contributed by atoms with Crippen molar-refractivity contribution in [3.05, 3.63) is 50.1 Å². The Morgan fingerprint density at radius 3 is 2.45 bits per heavy atom. The summed E-state index contributed by atoms with van der Waals surface area (Å²) in [5.41, 5.74) is 1.01. The lowest BCUT2D eigenvalue weighted by atomic mass is 10.2. The summed E-state index contributed by atoms with van der Waals surface area (Å²) >= 11 is 4.92. The first-order valence-electron chi connectivity index (χ1n) is 6.14. The summed E-state index contributed by atoms with van der Waals surface area (Å²) in [6.07, 6.45) is 0. The summed E-state index contributed by atoms with van der Waals surface area (Å²) in [5.74, 6) is 0. The van der Waals surface area contributed by atoms with Gasteiger partial charge < -0.3 is 0 Å². The largest absolute Gasteiger partial charge is 0.242 e. The molecule has 0 bridgehead atoms. The Morgan fingerprint density at radius 2 is 1.90 bits per heavy atom. The summed E-state index contributed by atoms with van der Waals surface area (Å²) in [4.78, 5) is 2.44. The second-order valence-electron chi connectivity index (χ2n) is 4.73. The molecule has 1 unspecified atom stereocenters. The van der Waals surface area contributed by atoms with Crippen molar-refractivity contribution in [2.75, 3.05) is 0 Å². The molecule has 1 N–H and O–H groups in total. The van der Waals surface area contributed by atoms with Crippen LogP contribution in [-0.2, 0) is 10.0 Å². The van der Waals surface area contributed by atoms with Crippen LogP contribution in [0.5, 0.6) is 0 Å². The van der Waals surface area contributed by atoms with Gasteiger partial charge in [0.2, 0.25) is 10.0 Å². The lowest BCUT2D eigenvalue weighted by molar-refractivity contribution is 0.568. The summed E-state index contributed by atoms with van der Waals surface area (Å²) in [6, 6.07) is 8.92. The highest BCUT2D eigenvalue weighted by molar-refractivity contribution is 9.10. The van der Waals surface area contributed by atoms with Crippen LogP contribution in [-0.4, -0.2) is 8.42 Å². The van der Waals surface area contributed by atoms with Gasteiger partial charge in [-0.25, -0.2) is 13.1 Å². The second kappa shape index (κ2) is 5.97. The van der Waals surface area contributed by atoms with Crippen LogP contribution in [0.4, 0.5) is 0 Å². The summed E-state index contributed by atoms with van der Waals surface area (Å²) in [6.45, 7) is 5.78. The average molecular weight is 374 g/mol. The van der Waals surface area contributed by atoms with Crippen molar-refractivity contribution < 1.29 is 8.42 Å². The molecule has 6 heteroatoms. The molecule has 0 saturated heterocycles. The van der Waals surface area contributed by atoms with Gasteiger partial charge in [-0.1, -0.05) is 6.07 Å². The number of benzene rings is 1. The van der Waals surface area contributed by atoms with Gasteiger partial charge in [-0.15, -0.1) is 11.3 Å². The molecule has 0 aliphatic carbocycles. The topological polar surface area (TPSA) is 46.2 Å². The third-order valence-electron chi connectivity index (χ3n) is 2.90. The third-order valence-corrected chi connectivity index (χ3v) is 6.60. The van der Waals surface area contributed by atoms with Gasteiger partial charge in [0.05, 0.1) is 10.9 Å². The Labute approximate surface area is 132 Å². The first kappa shape index (κ1) is 15.7. The Morgan fingerprint density at radius 1 is 1.20 bits per heavy atom. The van der Waals surface area contributed by atoms with Crippen molar-refractivity contribution in [1.29, 1.82) is 0 Å². The molecule has 0 spiro atoms. The van der Waals surface area contributed by atoms with E-state index in [2.05, 4.69) is 20.7 Å². The van der Waals surface area contributed by atoms with E-state index in [-0.39, 0.29) is 10.9 Å². The number of sulfonamides is 1. The van der Waals surface area contributed by atoms with Crippen LogP contribution in [0.1, 0.15) is 28.3 Å². The molecule has 0 aliphatic rings. The molecule has 2 rings (SSSR count). The zero-order chi connectivity index (χ0) is 14.9. The molecule has 0 aliphatic heterocycles. The molecule has 0 amide bonds. The van der Waals surface area contributed by atoms with Crippen molar-refractivity contribution >= 4 is 37.3 Å². The van der Waals surface area contributed by atoms with Crippen LogP contribution in [0.3, 0.4) is 0 Å². The smallest absolute Gasteiger partial charge is 0.207 e. The minimum Gasteiger partial charge on any atom is -0.207 e. The monoisotopic (exact) mass is 373 g/mol. The molecular formula is C14H16BrNO2S2. The first-order valence-corrected chi connectivity index (χ1v) is 9.23. The second-order valence-corrected chi connectivity index (χ2v) is 8.58. The Hall–Kier alpha value is -0.690. The van der Waals surface area contributed by atoms with Crippen LogP contribution in [0, 0.1) is 13.8 Å². The zero-order valence-corrected chi connectivity index (χ0v) is 14.7. The van der Waals surface area contributed by atoms with Gasteiger partial charge >= 0.3 is 0 Å². The Bertz CT molecular complexity index is 723. The highest BCUT2D eigenvalue weighted by Crippen LogP contribution is 2.27.